The fourth-order valence-corrected chi connectivity index (χ4v) is 4.12. The summed E-state index contributed by atoms with van der Waals surface area (Å²) >= 11 is 0. The Morgan fingerprint density at radius 3 is 1.86 bits per heavy atom. The molecule has 3 rings (SSSR count). The molecule has 35 heavy (non-hydrogen) atoms. The Morgan fingerprint density at radius 2 is 1.31 bits per heavy atom. The minimum Gasteiger partial charge on any atom is -0.493 e. The first-order chi connectivity index (χ1) is 16.6. The summed E-state index contributed by atoms with van der Waals surface area (Å²) in [6.07, 6.45) is 0. The zero-order chi connectivity index (χ0) is 25.9. The molecule has 0 aliphatic carbocycles. The molecule has 0 unspecified atom stereocenters. The fourth-order valence-electron chi connectivity index (χ4n) is 4.12. The molecule has 0 saturated heterocycles. The van der Waals surface area contributed by atoms with Crippen molar-refractivity contribution in [1.29, 1.82) is 0 Å². The van der Waals surface area contributed by atoms with Crippen LogP contribution in [0.25, 0.3) is 11.1 Å². The van der Waals surface area contributed by atoms with Crippen LogP contribution in [0.4, 0.5) is 0 Å². The molecule has 0 spiro atoms. The first-order valence-corrected chi connectivity index (χ1v) is 11.2. The predicted molar refractivity (Wildman–Crippen MR) is 133 cm³/mol. The number of rotatable bonds is 7. The van der Waals surface area contributed by atoms with Crippen molar-refractivity contribution >= 4 is 11.9 Å². The summed E-state index contributed by atoms with van der Waals surface area (Å²) in [5, 5.41) is 0. The van der Waals surface area contributed by atoms with Gasteiger partial charge in [-0.1, -0.05) is 18.2 Å². The number of hydrogen-bond acceptors (Lipinski definition) is 7. The number of hydrogen-bond donors (Lipinski definition) is 0. The Bertz CT molecular complexity index is 1260. The van der Waals surface area contributed by atoms with Gasteiger partial charge in [0.05, 0.1) is 43.8 Å². The highest BCUT2D eigenvalue weighted by atomic mass is 16.5. The van der Waals surface area contributed by atoms with Crippen LogP contribution >= 0.6 is 0 Å². The van der Waals surface area contributed by atoms with E-state index in [4.69, 9.17) is 18.9 Å². The smallest absolute Gasteiger partial charge is 0.340 e. The van der Waals surface area contributed by atoms with E-state index in [0.29, 0.717) is 40.6 Å². The molecule has 7 nitrogen and oxygen atoms in total. The first kappa shape index (κ1) is 25.7. The van der Waals surface area contributed by atoms with Gasteiger partial charge in [0.1, 0.15) is 6.61 Å². The molecule has 3 aromatic rings. The number of aryl methyl sites for hydroxylation is 5. The van der Waals surface area contributed by atoms with Crippen LogP contribution in [0.2, 0.25) is 0 Å². The van der Waals surface area contributed by atoms with E-state index in [2.05, 4.69) is 37.9 Å². The van der Waals surface area contributed by atoms with Crippen LogP contribution in [-0.2, 0) is 16.1 Å². The number of nitrogens with zero attached hydrogens (tertiary/aromatic N) is 1. The topological polar surface area (TPSA) is 84.0 Å². The molecule has 1 heterocycles. The monoisotopic (exact) mass is 477 g/mol. The van der Waals surface area contributed by atoms with Crippen LogP contribution in [0.3, 0.4) is 0 Å². The van der Waals surface area contributed by atoms with Gasteiger partial charge in [-0.15, -0.1) is 0 Å². The van der Waals surface area contributed by atoms with Crippen LogP contribution in [0.15, 0.2) is 30.3 Å². The normalized spacial score (nSPS) is 10.6. The SMILES string of the molecule is COC(=O)c1c(C)nc(C)c(C(=O)OC)c1-c1ccc(OCc2cc(C)c(C)cc2C)c(OC)c1. The number of esters is 2. The predicted octanol–water partition coefficient (Wildman–Crippen LogP) is 5.45. The molecule has 0 amide bonds. The lowest BCUT2D eigenvalue weighted by Gasteiger charge is -2.18. The lowest BCUT2D eigenvalue weighted by molar-refractivity contribution is 0.0599. The molecular formula is C28H31NO6. The summed E-state index contributed by atoms with van der Waals surface area (Å²) in [5.41, 5.74) is 6.90. The molecule has 1 aromatic heterocycles. The Hall–Kier alpha value is -3.87. The number of aromatic nitrogens is 1. The highest BCUT2D eigenvalue weighted by Gasteiger charge is 2.28. The van der Waals surface area contributed by atoms with E-state index in [9.17, 15) is 9.59 Å². The number of carbonyl (C=O) groups is 2. The van der Waals surface area contributed by atoms with Crippen molar-refractivity contribution in [2.24, 2.45) is 0 Å². The zero-order valence-corrected chi connectivity index (χ0v) is 21.5. The van der Waals surface area contributed by atoms with E-state index in [1.807, 2.05) is 0 Å². The standard InChI is InChI=1S/C28H31NO6/c1-15-11-17(3)21(12-16(15)2)14-35-22-10-9-20(13-23(22)32-6)26-24(27(30)33-7)18(4)29-19(5)25(26)28(31)34-8/h9-13H,14H2,1-8H3. The third kappa shape index (κ3) is 5.14. The Labute approximate surface area is 206 Å². The molecule has 0 fully saturated rings. The van der Waals surface area contributed by atoms with Gasteiger partial charge in [-0.2, -0.15) is 0 Å². The van der Waals surface area contributed by atoms with Crippen molar-refractivity contribution in [2.45, 2.75) is 41.2 Å². The summed E-state index contributed by atoms with van der Waals surface area (Å²) in [4.78, 5) is 29.8. The molecule has 0 radical (unpaired) electrons. The van der Waals surface area contributed by atoms with E-state index in [1.165, 1.54) is 25.3 Å². The minimum absolute atomic E-state index is 0.194. The molecule has 2 aromatic carbocycles. The van der Waals surface area contributed by atoms with Gasteiger partial charge in [0.25, 0.3) is 0 Å². The van der Waals surface area contributed by atoms with Gasteiger partial charge in [0.2, 0.25) is 0 Å². The van der Waals surface area contributed by atoms with Crippen molar-refractivity contribution in [3.05, 3.63) is 75.1 Å². The van der Waals surface area contributed by atoms with Crippen molar-refractivity contribution in [1.82, 2.24) is 4.98 Å². The van der Waals surface area contributed by atoms with Crippen LogP contribution in [0.1, 0.15) is 54.4 Å². The number of ether oxygens (including phenoxy) is 4. The van der Waals surface area contributed by atoms with Gasteiger partial charge in [0.15, 0.2) is 11.5 Å². The summed E-state index contributed by atoms with van der Waals surface area (Å²) in [6.45, 7) is 9.99. The van der Waals surface area contributed by atoms with E-state index in [1.54, 1.807) is 39.2 Å². The molecule has 0 bridgehead atoms. The van der Waals surface area contributed by atoms with E-state index in [0.717, 1.165) is 11.1 Å². The highest BCUT2D eigenvalue weighted by molar-refractivity contribution is 6.07. The number of benzene rings is 2. The van der Waals surface area contributed by atoms with Crippen molar-refractivity contribution in [3.8, 4) is 22.6 Å². The summed E-state index contributed by atoms with van der Waals surface area (Å²) < 4.78 is 21.7. The third-order valence-corrected chi connectivity index (χ3v) is 6.13. The Kier molecular flexibility index (Phi) is 7.79. The van der Waals surface area contributed by atoms with E-state index in [-0.39, 0.29) is 11.1 Å². The van der Waals surface area contributed by atoms with Gasteiger partial charge in [0, 0.05) is 5.56 Å². The van der Waals surface area contributed by atoms with Crippen LogP contribution < -0.4 is 9.47 Å². The Morgan fingerprint density at radius 1 is 0.743 bits per heavy atom. The van der Waals surface area contributed by atoms with Gasteiger partial charge in [-0.3, -0.25) is 4.98 Å². The van der Waals surface area contributed by atoms with E-state index >= 15 is 0 Å². The maximum atomic E-state index is 12.7. The van der Waals surface area contributed by atoms with Gasteiger partial charge in [-0.25, -0.2) is 9.59 Å². The second kappa shape index (κ2) is 10.6. The van der Waals surface area contributed by atoms with Crippen LogP contribution in [0.5, 0.6) is 11.5 Å². The van der Waals surface area contributed by atoms with Gasteiger partial charge in [-0.05, 0) is 74.6 Å². The van der Waals surface area contributed by atoms with Gasteiger partial charge < -0.3 is 18.9 Å². The molecule has 0 atom stereocenters. The lowest BCUT2D eigenvalue weighted by Crippen LogP contribution is -2.16. The van der Waals surface area contributed by atoms with Crippen molar-refractivity contribution < 1.29 is 28.5 Å². The van der Waals surface area contributed by atoms with Crippen molar-refractivity contribution in [3.63, 3.8) is 0 Å². The van der Waals surface area contributed by atoms with Crippen LogP contribution in [-0.4, -0.2) is 38.3 Å². The molecule has 0 aliphatic rings. The number of pyridine rings is 1. The fraction of sp³-hybridized carbons (Fsp3) is 0.321. The maximum absolute atomic E-state index is 12.7. The third-order valence-electron chi connectivity index (χ3n) is 6.13. The second-order valence-corrected chi connectivity index (χ2v) is 8.41. The van der Waals surface area contributed by atoms with Gasteiger partial charge >= 0.3 is 11.9 Å². The van der Waals surface area contributed by atoms with E-state index < -0.39 is 11.9 Å². The molecular weight excluding hydrogens is 446 g/mol. The average molecular weight is 478 g/mol. The first-order valence-electron chi connectivity index (χ1n) is 11.2. The molecule has 184 valence electrons. The Balaban J connectivity index is 2.11. The molecule has 0 saturated carbocycles. The highest BCUT2D eigenvalue weighted by Crippen LogP contribution is 2.38. The lowest BCUT2D eigenvalue weighted by atomic mass is 9.92. The minimum atomic E-state index is -0.598. The quantitative estimate of drug-likeness (QED) is 0.418. The zero-order valence-electron chi connectivity index (χ0n) is 21.5. The molecule has 0 aliphatic heterocycles. The number of carbonyl (C=O) groups excluding carboxylic acids is 2. The summed E-state index contributed by atoms with van der Waals surface area (Å²) in [6, 6.07) is 9.54. The summed E-state index contributed by atoms with van der Waals surface area (Å²) in [5.74, 6) is -0.197. The number of methoxy groups -OCH3 is 3. The largest absolute Gasteiger partial charge is 0.493 e. The average Bonchev–Trinajstić information content (AvgIpc) is 2.84. The van der Waals surface area contributed by atoms with Crippen molar-refractivity contribution in [2.75, 3.05) is 21.3 Å². The second-order valence-electron chi connectivity index (χ2n) is 8.41. The molecule has 0 N–H and O–H groups in total. The molecule has 7 heteroatoms. The van der Waals surface area contributed by atoms with Crippen LogP contribution in [0, 0.1) is 34.6 Å². The maximum Gasteiger partial charge on any atom is 0.340 e. The summed E-state index contributed by atoms with van der Waals surface area (Å²) in [7, 11) is 4.11.